The number of benzene rings is 3. The van der Waals surface area contributed by atoms with E-state index in [9.17, 15) is 9.59 Å². The highest BCUT2D eigenvalue weighted by molar-refractivity contribution is 6.30. The molecule has 0 radical (unpaired) electrons. The van der Waals surface area contributed by atoms with Gasteiger partial charge in [0.1, 0.15) is 5.76 Å². The molecule has 0 aliphatic rings. The molecule has 0 atom stereocenters. The van der Waals surface area contributed by atoms with Crippen LogP contribution in [0.3, 0.4) is 0 Å². The summed E-state index contributed by atoms with van der Waals surface area (Å²) in [5.41, 5.74) is 2.62. The second kappa shape index (κ2) is 8.68. The van der Waals surface area contributed by atoms with E-state index < -0.39 is 0 Å². The largest absolute Gasteiger partial charge is 0.451 e. The molecule has 6 heteroatoms. The summed E-state index contributed by atoms with van der Waals surface area (Å²) < 4.78 is 5.66. The predicted octanol–water partition coefficient (Wildman–Crippen LogP) is 6.10. The molecule has 0 aliphatic heterocycles. The number of carbonyl (C=O) groups is 2. The average Bonchev–Trinajstić information content (AvgIpc) is 3.27. The number of anilines is 2. The van der Waals surface area contributed by atoms with Crippen molar-refractivity contribution in [3.05, 3.63) is 107 Å². The third kappa shape index (κ3) is 4.59. The van der Waals surface area contributed by atoms with Crippen LogP contribution in [-0.4, -0.2) is 11.8 Å². The molecular formula is C24H17ClN2O3. The van der Waals surface area contributed by atoms with Crippen LogP contribution in [0, 0.1) is 0 Å². The van der Waals surface area contributed by atoms with E-state index in [0.29, 0.717) is 27.7 Å². The molecule has 0 spiro atoms. The zero-order valence-corrected chi connectivity index (χ0v) is 16.5. The van der Waals surface area contributed by atoms with E-state index in [1.807, 2.05) is 18.2 Å². The Balaban J connectivity index is 1.39. The van der Waals surface area contributed by atoms with E-state index in [2.05, 4.69) is 10.6 Å². The van der Waals surface area contributed by atoms with Crippen LogP contribution in [0.2, 0.25) is 5.02 Å². The monoisotopic (exact) mass is 416 g/mol. The van der Waals surface area contributed by atoms with Crippen LogP contribution in [0.4, 0.5) is 11.4 Å². The number of hydrogen-bond acceptors (Lipinski definition) is 3. The molecule has 30 heavy (non-hydrogen) atoms. The lowest BCUT2D eigenvalue weighted by Crippen LogP contribution is -2.12. The number of furan rings is 1. The summed E-state index contributed by atoms with van der Waals surface area (Å²) in [5.74, 6) is 0.214. The maximum Gasteiger partial charge on any atom is 0.291 e. The van der Waals surface area contributed by atoms with Gasteiger partial charge in [0.2, 0.25) is 0 Å². The van der Waals surface area contributed by atoms with Crippen LogP contribution >= 0.6 is 11.6 Å². The van der Waals surface area contributed by atoms with E-state index in [1.165, 1.54) is 0 Å². The van der Waals surface area contributed by atoms with Crippen molar-refractivity contribution in [2.24, 2.45) is 0 Å². The van der Waals surface area contributed by atoms with Gasteiger partial charge in [-0.25, -0.2) is 0 Å². The number of rotatable bonds is 5. The topological polar surface area (TPSA) is 71.3 Å². The molecule has 4 rings (SSSR count). The molecule has 0 unspecified atom stereocenters. The summed E-state index contributed by atoms with van der Waals surface area (Å²) in [5, 5.41) is 6.23. The van der Waals surface area contributed by atoms with Crippen molar-refractivity contribution in [3.63, 3.8) is 0 Å². The van der Waals surface area contributed by atoms with E-state index in [-0.39, 0.29) is 17.6 Å². The molecule has 2 N–H and O–H groups in total. The Labute approximate surface area is 178 Å². The van der Waals surface area contributed by atoms with Gasteiger partial charge in [0.15, 0.2) is 5.76 Å². The quantitative estimate of drug-likeness (QED) is 0.412. The Kier molecular flexibility index (Phi) is 5.63. The molecule has 1 heterocycles. The molecule has 2 amide bonds. The summed E-state index contributed by atoms with van der Waals surface area (Å²) in [6, 6.07) is 26.3. The zero-order chi connectivity index (χ0) is 20.9. The van der Waals surface area contributed by atoms with Crippen LogP contribution in [0.1, 0.15) is 20.9 Å². The van der Waals surface area contributed by atoms with Gasteiger partial charge in [-0.05, 0) is 72.8 Å². The number of hydrogen-bond donors (Lipinski definition) is 2. The normalized spacial score (nSPS) is 10.4. The summed E-state index contributed by atoms with van der Waals surface area (Å²) in [4.78, 5) is 24.7. The fourth-order valence-electron chi connectivity index (χ4n) is 2.85. The van der Waals surface area contributed by atoms with Gasteiger partial charge in [0.25, 0.3) is 11.8 Å². The Morgan fingerprint density at radius 1 is 0.667 bits per heavy atom. The van der Waals surface area contributed by atoms with Crippen molar-refractivity contribution in [3.8, 4) is 11.3 Å². The predicted molar refractivity (Wildman–Crippen MR) is 118 cm³/mol. The van der Waals surface area contributed by atoms with Gasteiger partial charge < -0.3 is 15.1 Å². The van der Waals surface area contributed by atoms with Crippen molar-refractivity contribution < 1.29 is 14.0 Å². The fourth-order valence-corrected chi connectivity index (χ4v) is 2.98. The molecule has 0 aliphatic carbocycles. The molecule has 0 saturated carbocycles. The van der Waals surface area contributed by atoms with E-state index in [0.717, 1.165) is 5.56 Å². The second-order valence-corrected chi connectivity index (χ2v) is 6.96. The van der Waals surface area contributed by atoms with Crippen molar-refractivity contribution in [1.82, 2.24) is 0 Å². The minimum absolute atomic E-state index is 0.196. The molecule has 148 valence electrons. The van der Waals surface area contributed by atoms with Crippen molar-refractivity contribution in [2.75, 3.05) is 10.6 Å². The third-order valence-corrected chi connectivity index (χ3v) is 4.65. The van der Waals surface area contributed by atoms with Crippen LogP contribution in [0.25, 0.3) is 11.3 Å². The van der Waals surface area contributed by atoms with E-state index in [1.54, 1.807) is 72.8 Å². The molecule has 0 fully saturated rings. The van der Waals surface area contributed by atoms with E-state index in [4.69, 9.17) is 16.0 Å². The Bertz CT molecular complexity index is 1170. The van der Waals surface area contributed by atoms with Crippen LogP contribution in [0.15, 0.2) is 95.4 Å². The van der Waals surface area contributed by atoms with Crippen LogP contribution in [-0.2, 0) is 0 Å². The molecule has 3 aromatic carbocycles. The Morgan fingerprint density at radius 2 is 1.27 bits per heavy atom. The van der Waals surface area contributed by atoms with Crippen molar-refractivity contribution in [1.29, 1.82) is 0 Å². The van der Waals surface area contributed by atoms with Crippen molar-refractivity contribution in [2.45, 2.75) is 0 Å². The van der Waals surface area contributed by atoms with Gasteiger partial charge in [-0.2, -0.15) is 0 Å². The molecular weight excluding hydrogens is 400 g/mol. The first-order valence-corrected chi connectivity index (χ1v) is 9.60. The zero-order valence-electron chi connectivity index (χ0n) is 15.8. The lowest BCUT2D eigenvalue weighted by molar-refractivity contribution is 0.0995. The molecule has 5 nitrogen and oxygen atoms in total. The minimum atomic E-state index is -0.365. The highest BCUT2D eigenvalue weighted by atomic mass is 35.5. The maximum absolute atomic E-state index is 12.5. The van der Waals surface area contributed by atoms with Gasteiger partial charge in [0.05, 0.1) is 0 Å². The summed E-state index contributed by atoms with van der Waals surface area (Å²) >= 11 is 5.90. The van der Waals surface area contributed by atoms with Gasteiger partial charge in [-0.1, -0.05) is 29.8 Å². The van der Waals surface area contributed by atoms with Gasteiger partial charge in [-0.3, -0.25) is 9.59 Å². The number of amides is 2. The second-order valence-electron chi connectivity index (χ2n) is 6.52. The Morgan fingerprint density at radius 3 is 1.90 bits per heavy atom. The van der Waals surface area contributed by atoms with Gasteiger partial charge in [-0.15, -0.1) is 0 Å². The summed E-state index contributed by atoms with van der Waals surface area (Å²) in [6.07, 6.45) is 0. The van der Waals surface area contributed by atoms with E-state index >= 15 is 0 Å². The average molecular weight is 417 g/mol. The first-order valence-electron chi connectivity index (χ1n) is 9.22. The molecule has 0 bridgehead atoms. The summed E-state index contributed by atoms with van der Waals surface area (Å²) in [7, 11) is 0. The lowest BCUT2D eigenvalue weighted by Gasteiger charge is -2.07. The van der Waals surface area contributed by atoms with Crippen molar-refractivity contribution >= 4 is 34.8 Å². The van der Waals surface area contributed by atoms with Gasteiger partial charge in [0, 0.05) is 27.5 Å². The molecule has 4 aromatic rings. The van der Waals surface area contributed by atoms with Crippen LogP contribution < -0.4 is 10.6 Å². The standard InChI is InChI=1S/C24H17ClN2O3/c25-18-8-6-16(7-9-18)21-14-15-22(30-21)24(29)27-20-12-10-19(11-13-20)26-23(28)17-4-2-1-3-5-17/h1-15H,(H,26,28)(H,27,29). The highest BCUT2D eigenvalue weighted by Crippen LogP contribution is 2.24. The molecule has 1 aromatic heterocycles. The number of halogens is 1. The summed E-state index contributed by atoms with van der Waals surface area (Å²) in [6.45, 7) is 0. The maximum atomic E-state index is 12.5. The smallest absolute Gasteiger partial charge is 0.291 e. The van der Waals surface area contributed by atoms with Crippen LogP contribution in [0.5, 0.6) is 0 Å². The molecule has 0 saturated heterocycles. The first-order chi connectivity index (χ1) is 14.6. The first kappa shape index (κ1) is 19.5. The highest BCUT2D eigenvalue weighted by Gasteiger charge is 2.13. The third-order valence-electron chi connectivity index (χ3n) is 4.40. The lowest BCUT2D eigenvalue weighted by atomic mass is 10.2. The number of nitrogens with one attached hydrogen (secondary N) is 2. The van der Waals surface area contributed by atoms with Gasteiger partial charge >= 0.3 is 0 Å². The minimum Gasteiger partial charge on any atom is -0.451 e. The SMILES string of the molecule is O=C(Nc1ccc(NC(=O)c2ccc(-c3ccc(Cl)cc3)o2)cc1)c1ccccc1. The Hall–Kier alpha value is -3.83. The fraction of sp³-hybridized carbons (Fsp3) is 0. The number of carbonyl (C=O) groups excluding carboxylic acids is 2.